The van der Waals surface area contributed by atoms with Gasteiger partial charge in [-0.25, -0.2) is 0 Å². The first-order valence-corrected chi connectivity index (χ1v) is 8.25. The summed E-state index contributed by atoms with van der Waals surface area (Å²) in [5.41, 5.74) is 1.21. The third-order valence-corrected chi connectivity index (χ3v) is 3.82. The molecule has 1 fully saturated rings. The van der Waals surface area contributed by atoms with Crippen LogP contribution in [0.1, 0.15) is 54.3 Å². The molecule has 1 atom stereocenters. The minimum atomic E-state index is -0.108. The van der Waals surface area contributed by atoms with Crippen LogP contribution in [-0.2, 0) is 0 Å². The molecule has 2 amide bonds. The highest BCUT2D eigenvalue weighted by Gasteiger charge is 2.17. The Balaban J connectivity index is 0.00000288. The Bertz CT molecular complexity index is 546. The van der Waals surface area contributed by atoms with E-state index in [1.54, 1.807) is 24.3 Å². The molecule has 1 aromatic carbocycles. The van der Waals surface area contributed by atoms with E-state index in [-0.39, 0.29) is 35.7 Å². The molecule has 0 aliphatic carbocycles. The van der Waals surface area contributed by atoms with E-state index in [1.807, 2.05) is 0 Å². The topological polar surface area (TPSA) is 70.2 Å². The molecule has 0 radical (unpaired) electrons. The Hall–Kier alpha value is -1.59. The molecule has 3 N–H and O–H groups in total. The van der Waals surface area contributed by atoms with Crippen LogP contribution in [0, 0.1) is 5.41 Å². The second kappa shape index (κ2) is 9.04. The number of nitrogens with one attached hydrogen (secondary N) is 3. The number of rotatable bonds is 4. The van der Waals surface area contributed by atoms with E-state index in [4.69, 9.17) is 0 Å². The third-order valence-electron chi connectivity index (χ3n) is 3.82. The Labute approximate surface area is 150 Å². The van der Waals surface area contributed by atoms with Crippen LogP contribution in [0.2, 0.25) is 0 Å². The molecule has 134 valence electrons. The van der Waals surface area contributed by atoms with Crippen molar-refractivity contribution in [1.29, 1.82) is 0 Å². The lowest BCUT2D eigenvalue weighted by Gasteiger charge is -2.23. The predicted octanol–water partition coefficient (Wildman–Crippen LogP) is 2.37. The van der Waals surface area contributed by atoms with Gasteiger partial charge in [0.1, 0.15) is 0 Å². The summed E-state index contributed by atoms with van der Waals surface area (Å²) in [6.07, 6.45) is 2.09. The van der Waals surface area contributed by atoms with Gasteiger partial charge in [-0.3, -0.25) is 9.59 Å². The maximum Gasteiger partial charge on any atom is 0.251 e. The van der Waals surface area contributed by atoms with Crippen LogP contribution >= 0.6 is 12.4 Å². The van der Waals surface area contributed by atoms with Crippen molar-refractivity contribution in [1.82, 2.24) is 16.0 Å². The van der Waals surface area contributed by atoms with Crippen LogP contribution in [-0.4, -0.2) is 37.5 Å². The average molecular weight is 354 g/mol. The number of benzene rings is 1. The second-order valence-electron chi connectivity index (χ2n) is 7.34. The Kier molecular flexibility index (Phi) is 7.70. The number of carbonyl (C=O) groups is 2. The van der Waals surface area contributed by atoms with E-state index in [9.17, 15) is 9.59 Å². The first kappa shape index (κ1) is 20.5. The molecular formula is C18H28ClN3O2. The first-order valence-electron chi connectivity index (χ1n) is 8.25. The number of halogens is 1. The van der Waals surface area contributed by atoms with E-state index in [1.165, 1.54) is 0 Å². The molecule has 6 heteroatoms. The van der Waals surface area contributed by atoms with Gasteiger partial charge in [-0.2, -0.15) is 0 Å². The van der Waals surface area contributed by atoms with Crippen LogP contribution in [0.25, 0.3) is 0 Å². The molecule has 1 saturated heterocycles. The fourth-order valence-electron chi connectivity index (χ4n) is 2.46. The molecule has 5 nitrogen and oxygen atoms in total. The maximum atomic E-state index is 12.2. The summed E-state index contributed by atoms with van der Waals surface area (Å²) >= 11 is 0. The van der Waals surface area contributed by atoms with E-state index in [2.05, 4.69) is 36.7 Å². The number of hydrogen-bond donors (Lipinski definition) is 3. The molecule has 24 heavy (non-hydrogen) atoms. The molecule has 0 bridgehead atoms. The zero-order valence-corrected chi connectivity index (χ0v) is 15.5. The lowest BCUT2D eigenvalue weighted by Crippen LogP contribution is -2.45. The molecule has 1 aromatic rings. The molecular weight excluding hydrogens is 326 g/mol. The minimum Gasteiger partial charge on any atom is -0.352 e. The number of piperidine rings is 1. The van der Waals surface area contributed by atoms with Gasteiger partial charge in [-0.1, -0.05) is 20.8 Å². The summed E-state index contributed by atoms with van der Waals surface area (Å²) in [4.78, 5) is 24.3. The highest BCUT2D eigenvalue weighted by molar-refractivity contribution is 5.97. The second-order valence-corrected chi connectivity index (χ2v) is 7.34. The molecule has 1 unspecified atom stereocenters. The Morgan fingerprint density at radius 2 is 1.71 bits per heavy atom. The molecule has 0 saturated carbocycles. The van der Waals surface area contributed by atoms with Crippen molar-refractivity contribution in [2.24, 2.45) is 5.41 Å². The van der Waals surface area contributed by atoms with Crippen molar-refractivity contribution in [3.63, 3.8) is 0 Å². The van der Waals surface area contributed by atoms with Gasteiger partial charge in [0.15, 0.2) is 0 Å². The van der Waals surface area contributed by atoms with E-state index in [0.717, 1.165) is 25.9 Å². The molecule has 1 aliphatic rings. The monoisotopic (exact) mass is 353 g/mol. The van der Waals surface area contributed by atoms with Gasteiger partial charge in [0, 0.05) is 30.3 Å². The van der Waals surface area contributed by atoms with Crippen molar-refractivity contribution in [2.75, 3.05) is 19.6 Å². The van der Waals surface area contributed by atoms with Crippen molar-refractivity contribution < 1.29 is 9.59 Å². The van der Waals surface area contributed by atoms with Gasteiger partial charge < -0.3 is 16.0 Å². The van der Waals surface area contributed by atoms with E-state index < -0.39 is 0 Å². The highest BCUT2D eigenvalue weighted by Crippen LogP contribution is 2.11. The summed E-state index contributed by atoms with van der Waals surface area (Å²) < 4.78 is 0. The maximum absolute atomic E-state index is 12.2. The highest BCUT2D eigenvalue weighted by atomic mass is 35.5. The van der Waals surface area contributed by atoms with Gasteiger partial charge >= 0.3 is 0 Å². The van der Waals surface area contributed by atoms with Crippen LogP contribution in [0.4, 0.5) is 0 Å². The zero-order chi connectivity index (χ0) is 16.9. The quantitative estimate of drug-likeness (QED) is 0.778. The SMILES string of the molecule is CC(C)(C)CNC(=O)c1ccc(C(=O)NC2CCCNC2)cc1.Cl. The lowest BCUT2D eigenvalue weighted by molar-refractivity contribution is 0.0922. The van der Waals surface area contributed by atoms with Crippen molar-refractivity contribution >= 4 is 24.2 Å². The van der Waals surface area contributed by atoms with Crippen LogP contribution < -0.4 is 16.0 Å². The molecule has 1 aliphatic heterocycles. The molecule has 2 rings (SSSR count). The molecule has 1 heterocycles. The fourth-order valence-corrected chi connectivity index (χ4v) is 2.46. The van der Waals surface area contributed by atoms with Crippen LogP contribution in [0.15, 0.2) is 24.3 Å². The number of hydrogen-bond acceptors (Lipinski definition) is 3. The van der Waals surface area contributed by atoms with Gasteiger partial charge in [-0.15, -0.1) is 12.4 Å². The standard InChI is InChI=1S/C18H27N3O2.ClH/c1-18(2,3)12-20-16(22)13-6-8-14(9-7-13)17(23)21-15-5-4-10-19-11-15;/h6-9,15,19H,4-5,10-12H2,1-3H3,(H,20,22)(H,21,23);1H. The summed E-state index contributed by atoms with van der Waals surface area (Å²) in [7, 11) is 0. The zero-order valence-electron chi connectivity index (χ0n) is 14.6. The lowest BCUT2D eigenvalue weighted by atomic mass is 9.97. The summed E-state index contributed by atoms with van der Waals surface area (Å²) in [5, 5.41) is 9.21. The van der Waals surface area contributed by atoms with Crippen LogP contribution in [0.5, 0.6) is 0 Å². The molecule has 0 aromatic heterocycles. The van der Waals surface area contributed by atoms with Crippen LogP contribution in [0.3, 0.4) is 0 Å². The largest absolute Gasteiger partial charge is 0.352 e. The smallest absolute Gasteiger partial charge is 0.251 e. The van der Waals surface area contributed by atoms with Gasteiger partial charge in [0.2, 0.25) is 0 Å². The Morgan fingerprint density at radius 1 is 1.12 bits per heavy atom. The van der Waals surface area contributed by atoms with Crippen molar-refractivity contribution in [3.8, 4) is 0 Å². The van der Waals surface area contributed by atoms with Crippen molar-refractivity contribution in [3.05, 3.63) is 35.4 Å². The number of amides is 2. The fraction of sp³-hybridized carbons (Fsp3) is 0.556. The van der Waals surface area contributed by atoms with Gasteiger partial charge in [0.05, 0.1) is 0 Å². The first-order chi connectivity index (χ1) is 10.8. The van der Waals surface area contributed by atoms with E-state index in [0.29, 0.717) is 17.7 Å². The minimum absolute atomic E-state index is 0. The summed E-state index contributed by atoms with van der Waals surface area (Å²) in [6.45, 7) is 8.66. The summed E-state index contributed by atoms with van der Waals surface area (Å²) in [5.74, 6) is -0.191. The van der Waals surface area contributed by atoms with E-state index >= 15 is 0 Å². The van der Waals surface area contributed by atoms with Crippen molar-refractivity contribution in [2.45, 2.75) is 39.7 Å². The van der Waals surface area contributed by atoms with Gasteiger partial charge in [0.25, 0.3) is 11.8 Å². The Morgan fingerprint density at radius 3 is 2.21 bits per heavy atom. The third kappa shape index (κ3) is 6.49. The number of carbonyl (C=O) groups excluding carboxylic acids is 2. The van der Waals surface area contributed by atoms with Gasteiger partial charge in [-0.05, 0) is 49.1 Å². The molecule has 0 spiro atoms. The summed E-state index contributed by atoms with van der Waals surface area (Å²) in [6, 6.07) is 7.00. The normalized spacial score (nSPS) is 17.5. The predicted molar refractivity (Wildman–Crippen MR) is 98.8 cm³/mol. The average Bonchev–Trinajstić information content (AvgIpc) is 2.53.